The van der Waals surface area contributed by atoms with Crippen molar-refractivity contribution in [3.05, 3.63) is 0 Å². The van der Waals surface area contributed by atoms with Crippen LogP contribution in [0.3, 0.4) is 0 Å². The van der Waals surface area contributed by atoms with Gasteiger partial charge in [-0.05, 0) is 13.3 Å². The van der Waals surface area contributed by atoms with E-state index in [0.717, 1.165) is 6.42 Å². The van der Waals surface area contributed by atoms with Crippen molar-refractivity contribution >= 4 is 14.4 Å². The third-order valence-corrected chi connectivity index (χ3v) is 3.16. The fraction of sp³-hybridized carbons (Fsp3) is 0.889. The average molecular weight is 222 g/mol. The Balaban J connectivity index is 4.62. The number of esters is 1. The average Bonchev–Trinajstić information content (AvgIpc) is 2.17. The molecule has 0 rings (SSSR count). The summed E-state index contributed by atoms with van der Waals surface area (Å²) in [7, 11) is -1.04. The lowest BCUT2D eigenvalue weighted by atomic mass is 9.86. The van der Waals surface area contributed by atoms with Crippen molar-refractivity contribution in [3.8, 4) is 0 Å². The van der Waals surface area contributed by atoms with E-state index in [4.69, 9.17) is 4.74 Å². The lowest BCUT2D eigenvalue weighted by molar-refractivity contribution is -0.157. The molecule has 0 heterocycles. The number of aliphatic hydroxyl groups excluding tert-OH is 1. The third-order valence-electron chi connectivity index (χ3n) is 2.21. The zero-order chi connectivity index (χ0) is 11.0. The Labute approximate surface area is 85.8 Å². The maximum Gasteiger partial charge on any atom is 0.314 e. The highest BCUT2D eigenvalue weighted by Gasteiger charge is 2.37. The van der Waals surface area contributed by atoms with Gasteiger partial charge in [0, 0.05) is 6.16 Å². The molecule has 0 aliphatic rings. The molecule has 0 aromatic rings. The van der Waals surface area contributed by atoms with Crippen molar-refractivity contribution in [2.75, 3.05) is 19.4 Å². The molecule has 0 bridgehead atoms. The van der Waals surface area contributed by atoms with Crippen LogP contribution < -0.4 is 0 Å². The molecule has 2 unspecified atom stereocenters. The van der Waals surface area contributed by atoms with Crippen molar-refractivity contribution in [2.24, 2.45) is 5.41 Å². The first-order chi connectivity index (χ1) is 6.66. The van der Waals surface area contributed by atoms with E-state index in [9.17, 15) is 14.5 Å². The lowest BCUT2D eigenvalue weighted by Crippen LogP contribution is -2.38. The summed E-state index contributed by atoms with van der Waals surface area (Å²) in [6.45, 7) is 3.65. The van der Waals surface area contributed by atoms with Gasteiger partial charge in [-0.3, -0.25) is 4.79 Å². The summed E-state index contributed by atoms with van der Waals surface area (Å²) in [6.07, 6.45) is 1.52. The quantitative estimate of drug-likeness (QED) is 0.517. The molecule has 0 saturated carbocycles. The summed E-state index contributed by atoms with van der Waals surface area (Å²) in [4.78, 5) is 11.6. The topological polar surface area (TPSA) is 63.6 Å². The standard InChI is InChI=1S/C9H19O4P/c1-3-5-9(6-10,7-14-12)8(11)13-4-2/h10H,3-7,14H2,1-2H3. The molecule has 84 valence electrons. The predicted molar refractivity (Wildman–Crippen MR) is 56.3 cm³/mol. The molecule has 0 aromatic carbocycles. The molecule has 0 aromatic heterocycles. The van der Waals surface area contributed by atoms with Gasteiger partial charge >= 0.3 is 5.97 Å². The largest absolute Gasteiger partial charge is 0.465 e. The molecule has 0 radical (unpaired) electrons. The number of ether oxygens (including phenoxy) is 1. The minimum absolute atomic E-state index is 0.232. The van der Waals surface area contributed by atoms with Crippen LogP contribution in [0.1, 0.15) is 26.7 Å². The molecule has 4 nitrogen and oxygen atoms in total. The molecule has 0 fully saturated rings. The van der Waals surface area contributed by atoms with E-state index in [2.05, 4.69) is 0 Å². The Morgan fingerprint density at radius 3 is 2.50 bits per heavy atom. The van der Waals surface area contributed by atoms with Gasteiger partial charge in [-0.25, -0.2) is 0 Å². The molecule has 14 heavy (non-hydrogen) atoms. The van der Waals surface area contributed by atoms with E-state index in [1.165, 1.54) is 0 Å². The van der Waals surface area contributed by atoms with Gasteiger partial charge in [0.05, 0.1) is 27.1 Å². The molecule has 0 spiro atoms. The summed E-state index contributed by atoms with van der Waals surface area (Å²) in [5.74, 6) is -0.423. The molecule has 0 amide bonds. The van der Waals surface area contributed by atoms with Gasteiger partial charge in [0.1, 0.15) is 0 Å². The highest BCUT2D eigenvalue weighted by Crippen LogP contribution is 2.29. The number of hydrogen-bond donors (Lipinski definition) is 1. The van der Waals surface area contributed by atoms with E-state index in [1.807, 2.05) is 6.92 Å². The van der Waals surface area contributed by atoms with Gasteiger partial charge in [0.2, 0.25) is 0 Å². The first-order valence-corrected chi connectivity index (χ1v) is 6.17. The Hall–Kier alpha value is -0.340. The molecular formula is C9H19O4P. The summed E-state index contributed by atoms with van der Waals surface area (Å²) in [6, 6.07) is 0. The van der Waals surface area contributed by atoms with Crippen LogP contribution in [0.4, 0.5) is 0 Å². The van der Waals surface area contributed by atoms with E-state index in [-0.39, 0.29) is 12.8 Å². The number of carbonyl (C=O) groups is 1. The Morgan fingerprint density at radius 2 is 2.14 bits per heavy atom. The smallest absolute Gasteiger partial charge is 0.314 e. The summed E-state index contributed by atoms with van der Waals surface area (Å²) < 4.78 is 15.5. The number of carbonyl (C=O) groups excluding carboxylic acids is 1. The molecule has 0 aliphatic carbocycles. The molecule has 1 N–H and O–H groups in total. The minimum Gasteiger partial charge on any atom is -0.465 e. The molecule has 0 saturated heterocycles. The van der Waals surface area contributed by atoms with Gasteiger partial charge < -0.3 is 14.4 Å². The van der Waals surface area contributed by atoms with Crippen molar-refractivity contribution in [2.45, 2.75) is 26.7 Å². The molecule has 2 atom stereocenters. The van der Waals surface area contributed by atoms with Crippen LogP contribution in [0.5, 0.6) is 0 Å². The maximum absolute atomic E-state index is 11.6. The maximum atomic E-state index is 11.6. The van der Waals surface area contributed by atoms with E-state index < -0.39 is 19.8 Å². The van der Waals surface area contributed by atoms with E-state index in [1.54, 1.807) is 6.92 Å². The summed E-state index contributed by atoms with van der Waals surface area (Å²) >= 11 is 0. The van der Waals surface area contributed by atoms with Crippen molar-refractivity contribution < 1.29 is 19.2 Å². The Morgan fingerprint density at radius 1 is 1.50 bits per heavy atom. The van der Waals surface area contributed by atoms with Crippen LogP contribution in [0.2, 0.25) is 0 Å². The minimum atomic E-state index is -1.04. The van der Waals surface area contributed by atoms with Crippen LogP contribution in [0.25, 0.3) is 0 Å². The van der Waals surface area contributed by atoms with Crippen LogP contribution in [0.15, 0.2) is 0 Å². The van der Waals surface area contributed by atoms with Gasteiger partial charge in [0.15, 0.2) is 0 Å². The van der Waals surface area contributed by atoms with Gasteiger partial charge in [0.25, 0.3) is 0 Å². The molecule has 5 heteroatoms. The second kappa shape index (κ2) is 7.02. The highest BCUT2D eigenvalue weighted by molar-refractivity contribution is 7.23. The zero-order valence-corrected chi connectivity index (χ0v) is 9.94. The summed E-state index contributed by atoms with van der Waals surface area (Å²) in [5.41, 5.74) is -0.929. The SMILES string of the molecule is CCCC(CO)(C[PH2]=O)C(=O)OCC. The van der Waals surface area contributed by atoms with Crippen molar-refractivity contribution in [3.63, 3.8) is 0 Å². The normalized spacial score (nSPS) is 15.6. The third kappa shape index (κ3) is 3.43. The molecular weight excluding hydrogens is 203 g/mol. The molecule has 0 aliphatic heterocycles. The van der Waals surface area contributed by atoms with Crippen LogP contribution >= 0.6 is 8.46 Å². The van der Waals surface area contributed by atoms with Gasteiger partial charge in [-0.15, -0.1) is 0 Å². The summed E-state index contributed by atoms with van der Waals surface area (Å²) in [5, 5.41) is 9.21. The van der Waals surface area contributed by atoms with Crippen molar-refractivity contribution in [1.29, 1.82) is 0 Å². The monoisotopic (exact) mass is 222 g/mol. The van der Waals surface area contributed by atoms with Crippen LogP contribution in [-0.4, -0.2) is 30.5 Å². The zero-order valence-electron chi connectivity index (χ0n) is 8.78. The lowest BCUT2D eigenvalue weighted by Gasteiger charge is -2.26. The Kier molecular flexibility index (Phi) is 6.85. The van der Waals surface area contributed by atoms with E-state index in [0.29, 0.717) is 13.0 Å². The second-order valence-corrected chi connectivity index (χ2v) is 4.02. The van der Waals surface area contributed by atoms with E-state index >= 15 is 0 Å². The van der Waals surface area contributed by atoms with Gasteiger partial charge in [-0.1, -0.05) is 13.3 Å². The second-order valence-electron chi connectivity index (χ2n) is 3.28. The van der Waals surface area contributed by atoms with Gasteiger partial charge in [-0.2, -0.15) is 0 Å². The number of hydrogen-bond acceptors (Lipinski definition) is 4. The fourth-order valence-corrected chi connectivity index (χ4v) is 2.24. The first kappa shape index (κ1) is 13.7. The fourth-order valence-electron chi connectivity index (χ4n) is 1.42. The van der Waals surface area contributed by atoms with Crippen LogP contribution in [-0.2, 0) is 14.1 Å². The predicted octanol–water partition coefficient (Wildman–Crippen LogP) is 1.08. The highest BCUT2D eigenvalue weighted by atomic mass is 31.1. The number of aliphatic hydroxyl groups is 1. The van der Waals surface area contributed by atoms with Crippen LogP contribution in [0, 0.1) is 5.41 Å². The van der Waals surface area contributed by atoms with Crippen molar-refractivity contribution in [1.82, 2.24) is 0 Å². The Bertz CT molecular complexity index is 195. The first-order valence-electron chi connectivity index (χ1n) is 4.88. The number of rotatable bonds is 7.